The summed E-state index contributed by atoms with van der Waals surface area (Å²) in [5.41, 5.74) is 2.31. The lowest BCUT2D eigenvalue weighted by Gasteiger charge is -2.11. The first kappa shape index (κ1) is 15.9. The van der Waals surface area contributed by atoms with Crippen molar-refractivity contribution in [2.24, 2.45) is 0 Å². The summed E-state index contributed by atoms with van der Waals surface area (Å²) in [5.74, 6) is 0. The number of anilines is 4. The minimum atomic E-state index is -4.35. The average molecular weight is 328 g/mol. The molecule has 3 rings (SSSR count). The van der Waals surface area contributed by atoms with Crippen LogP contribution in [0.15, 0.2) is 78.9 Å². The predicted molar refractivity (Wildman–Crippen MR) is 90.9 cm³/mol. The lowest BCUT2D eigenvalue weighted by molar-refractivity contribution is -0.137. The summed E-state index contributed by atoms with van der Waals surface area (Å²) in [6.07, 6.45) is -4.35. The third-order valence-electron chi connectivity index (χ3n) is 3.43. The Morgan fingerprint density at radius 3 is 1.62 bits per heavy atom. The molecule has 0 aliphatic heterocycles. The van der Waals surface area contributed by atoms with Crippen molar-refractivity contribution in [2.75, 3.05) is 10.6 Å². The van der Waals surface area contributed by atoms with Gasteiger partial charge in [0.1, 0.15) is 0 Å². The molecular formula is C19H15F3N2. The number of halogens is 3. The van der Waals surface area contributed by atoms with Crippen molar-refractivity contribution in [1.82, 2.24) is 0 Å². The minimum absolute atomic E-state index is 0.397. The molecule has 3 aromatic carbocycles. The van der Waals surface area contributed by atoms with Gasteiger partial charge in [0.05, 0.1) is 5.56 Å². The highest BCUT2D eigenvalue weighted by atomic mass is 19.4. The van der Waals surface area contributed by atoms with E-state index in [0.717, 1.165) is 23.5 Å². The number of rotatable bonds is 4. The van der Waals surface area contributed by atoms with E-state index in [9.17, 15) is 13.2 Å². The zero-order valence-electron chi connectivity index (χ0n) is 12.6. The highest BCUT2D eigenvalue weighted by molar-refractivity contribution is 5.66. The highest BCUT2D eigenvalue weighted by Gasteiger charge is 2.30. The van der Waals surface area contributed by atoms with Gasteiger partial charge in [-0.05, 0) is 54.6 Å². The maximum atomic E-state index is 12.7. The summed E-state index contributed by atoms with van der Waals surface area (Å²) in [6, 6.07) is 22.2. The minimum Gasteiger partial charge on any atom is -0.356 e. The Kier molecular flexibility index (Phi) is 4.42. The third kappa shape index (κ3) is 4.07. The zero-order valence-corrected chi connectivity index (χ0v) is 12.6. The Morgan fingerprint density at radius 2 is 1.04 bits per heavy atom. The molecule has 0 fully saturated rings. The van der Waals surface area contributed by atoms with Gasteiger partial charge in [0, 0.05) is 22.7 Å². The molecule has 5 heteroatoms. The number of hydrogen-bond acceptors (Lipinski definition) is 2. The van der Waals surface area contributed by atoms with Gasteiger partial charge >= 0.3 is 6.18 Å². The van der Waals surface area contributed by atoms with Crippen molar-refractivity contribution in [3.8, 4) is 0 Å². The Bertz CT molecular complexity index is 797. The van der Waals surface area contributed by atoms with Gasteiger partial charge in [-0.25, -0.2) is 0 Å². The van der Waals surface area contributed by atoms with E-state index in [1.54, 1.807) is 6.07 Å². The van der Waals surface area contributed by atoms with Gasteiger partial charge in [-0.1, -0.05) is 24.3 Å². The van der Waals surface area contributed by atoms with Gasteiger partial charge in [-0.15, -0.1) is 0 Å². The molecule has 2 N–H and O–H groups in total. The summed E-state index contributed by atoms with van der Waals surface area (Å²) >= 11 is 0. The molecule has 122 valence electrons. The van der Waals surface area contributed by atoms with Gasteiger partial charge in [-0.3, -0.25) is 0 Å². The number of nitrogens with one attached hydrogen (secondary N) is 2. The molecule has 0 heterocycles. The van der Waals surface area contributed by atoms with E-state index in [4.69, 9.17) is 0 Å². The van der Waals surface area contributed by atoms with Crippen molar-refractivity contribution in [2.45, 2.75) is 6.18 Å². The molecule has 0 saturated carbocycles. The summed E-state index contributed by atoms with van der Waals surface area (Å²) in [5, 5.41) is 6.23. The van der Waals surface area contributed by atoms with Crippen LogP contribution in [0, 0.1) is 0 Å². The van der Waals surface area contributed by atoms with E-state index in [1.807, 2.05) is 54.6 Å². The molecule has 0 aromatic heterocycles. The van der Waals surface area contributed by atoms with E-state index >= 15 is 0 Å². The molecule has 0 atom stereocenters. The molecule has 0 saturated heterocycles. The van der Waals surface area contributed by atoms with Crippen molar-refractivity contribution in [1.29, 1.82) is 0 Å². The van der Waals surface area contributed by atoms with E-state index in [-0.39, 0.29) is 0 Å². The second kappa shape index (κ2) is 6.66. The van der Waals surface area contributed by atoms with Crippen LogP contribution in [0.3, 0.4) is 0 Å². The zero-order chi connectivity index (χ0) is 17.0. The lowest BCUT2D eigenvalue weighted by atomic mass is 10.2. The van der Waals surface area contributed by atoms with Gasteiger partial charge in [0.25, 0.3) is 0 Å². The van der Waals surface area contributed by atoms with Gasteiger partial charge in [-0.2, -0.15) is 13.2 Å². The first-order valence-corrected chi connectivity index (χ1v) is 7.37. The monoisotopic (exact) mass is 328 g/mol. The summed E-state index contributed by atoms with van der Waals surface area (Å²) < 4.78 is 38.2. The van der Waals surface area contributed by atoms with Crippen LogP contribution in [0.1, 0.15) is 5.56 Å². The van der Waals surface area contributed by atoms with Crippen LogP contribution < -0.4 is 10.6 Å². The van der Waals surface area contributed by atoms with Crippen LogP contribution in [0.25, 0.3) is 0 Å². The molecule has 0 aliphatic rings. The maximum Gasteiger partial charge on any atom is 0.416 e. The second-order valence-corrected chi connectivity index (χ2v) is 5.27. The van der Waals surface area contributed by atoms with E-state index in [2.05, 4.69) is 10.6 Å². The molecule has 2 nitrogen and oxygen atoms in total. The van der Waals surface area contributed by atoms with Crippen LogP contribution in [0.4, 0.5) is 35.9 Å². The van der Waals surface area contributed by atoms with Gasteiger partial charge in [0.15, 0.2) is 0 Å². The smallest absolute Gasteiger partial charge is 0.356 e. The van der Waals surface area contributed by atoms with Crippen LogP contribution in [0.2, 0.25) is 0 Å². The largest absolute Gasteiger partial charge is 0.416 e. The number of alkyl halides is 3. The molecule has 0 spiro atoms. The van der Waals surface area contributed by atoms with E-state index in [0.29, 0.717) is 11.4 Å². The summed E-state index contributed by atoms with van der Waals surface area (Å²) in [6.45, 7) is 0. The normalized spacial score (nSPS) is 11.1. The molecule has 24 heavy (non-hydrogen) atoms. The molecule has 0 aliphatic carbocycles. The second-order valence-electron chi connectivity index (χ2n) is 5.27. The number of benzene rings is 3. The van der Waals surface area contributed by atoms with Gasteiger partial charge in [0.2, 0.25) is 0 Å². The predicted octanol–water partition coefficient (Wildman–Crippen LogP) is 6.19. The number of para-hydroxylation sites is 1. The standard InChI is InChI=1S/C19H15F3N2/c20-19(21,22)14-5-4-8-18(13-14)24-17-11-9-16(10-12-17)23-15-6-2-1-3-7-15/h1-13,23-24H. The maximum absolute atomic E-state index is 12.7. The fraction of sp³-hybridized carbons (Fsp3) is 0.0526. The topological polar surface area (TPSA) is 24.1 Å². The van der Waals surface area contributed by atoms with Crippen molar-refractivity contribution >= 4 is 22.7 Å². The average Bonchev–Trinajstić information content (AvgIpc) is 2.57. The van der Waals surface area contributed by atoms with Crippen molar-refractivity contribution in [3.63, 3.8) is 0 Å². The first-order chi connectivity index (χ1) is 11.5. The Balaban J connectivity index is 1.70. The first-order valence-electron chi connectivity index (χ1n) is 7.37. The van der Waals surface area contributed by atoms with Crippen LogP contribution in [-0.2, 0) is 6.18 Å². The quantitative estimate of drug-likeness (QED) is 0.596. The Morgan fingerprint density at radius 1 is 0.542 bits per heavy atom. The van der Waals surface area contributed by atoms with Gasteiger partial charge < -0.3 is 10.6 Å². The van der Waals surface area contributed by atoms with Crippen molar-refractivity contribution in [3.05, 3.63) is 84.4 Å². The van der Waals surface area contributed by atoms with Crippen LogP contribution in [0.5, 0.6) is 0 Å². The Labute approximate surface area is 138 Å². The third-order valence-corrected chi connectivity index (χ3v) is 3.43. The Hall–Kier alpha value is -2.95. The fourth-order valence-corrected chi connectivity index (χ4v) is 2.26. The van der Waals surface area contributed by atoms with E-state index < -0.39 is 11.7 Å². The van der Waals surface area contributed by atoms with Crippen LogP contribution >= 0.6 is 0 Å². The lowest BCUT2D eigenvalue weighted by Crippen LogP contribution is -2.05. The summed E-state index contributed by atoms with van der Waals surface area (Å²) in [4.78, 5) is 0. The van der Waals surface area contributed by atoms with E-state index in [1.165, 1.54) is 6.07 Å². The molecule has 0 unspecified atom stereocenters. The molecular weight excluding hydrogens is 313 g/mol. The highest BCUT2D eigenvalue weighted by Crippen LogP contribution is 2.31. The molecule has 0 bridgehead atoms. The fourth-order valence-electron chi connectivity index (χ4n) is 2.26. The van der Waals surface area contributed by atoms with Crippen molar-refractivity contribution < 1.29 is 13.2 Å². The number of hydrogen-bond donors (Lipinski definition) is 2. The SMILES string of the molecule is FC(F)(F)c1cccc(Nc2ccc(Nc3ccccc3)cc2)c1. The molecule has 3 aromatic rings. The molecule has 0 amide bonds. The molecule has 0 radical (unpaired) electrons. The van der Waals surface area contributed by atoms with Crippen LogP contribution in [-0.4, -0.2) is 0 Å². The summed E-state index contributed by atoms with van der Waals surface area (Å²) in [7, 11) is 0.